The number of thioether (sulfide) groups is 1. The second-order valence-corrected chi connectivity index (χ2v) is 12.0. The lowest BCUT2D eigenvalue weighted by Crippen LogP contribution is -2.30. The predicted molar refractivity (Wildman–Crippen MR) is 164 cm³/mol. The van der Waals surface area contributed by atoms with Crippen LogP contribution in [0.25, 0.3) is 6.08 Å². The van der Waals surface area contributed by atoms with Crippen molar-refractivity contribution in [1.29, 1.82) is 0 Å². The van der Waals surface area contributed by atoms with Crippen LogP contribution in [0.15, 0.2) is 94.5 Å². The Hall–Kier alpha value is -3.96. The van der Waals surface area contributed by atoms with E-state index in [1.165, 1.54) is 42.0 Å². The Bertz CT molecular complexity index is 1720. The highest BCUT2D eigenvalue weighted by Gasteiger charge is 2.45. The summed E-state index contributed by atoms with van der Waals surface area (Å²) < 4.78 is 5.33. The number of aliphatic hydroxyl groups excluding tert-OH is 1. The van der Waals surface area contributed by atoms with Gasteiger partial charge in [-0.25, -0.2) is 4.79 Å². The Morgan fingerprint density at radius 2 is 1.81 bits per heavy atom. The molecule has 0 fully saturated rings. The van der Waals surface area contributed by atoms with Crippen LogP contribution in [0.3, 0.4) is 0 Å². The zero-order valence-corrected chi connectivity index (χ0v) is 25.0. The number of aromatic nitrogens is 2. The van der Waals surface area contributed by atoms with Crippen molar-refractivity contribution in [3.8, 4) is 0 Å². The SMILES string of the molecule is COC(=O)c1ccc(C2C(C(=O)/C=C/c3ccccc3)=C(O)C(=O)N2c2nnc(SCc3ccc(Cl)cc3Cl)s2)cc1. The van der Waals surface area contributed by atoms with Crippen LogP contribution in [0.5, 0.6) is 0 Å². The number of halogens is 2. The second kappa shape index (κ2) is 12.9. The van der Waals surface area contributed by atoms with Gasteiger partial charge in [-0.1, -0.05) is 101 Å². The van der Waals surface area contributed by atoms with Gasteiger partial charge in [-0.15, -0.1) is 10.2 Å². The minimum atomic E-state index is -1.02. The molecule has 0 spiro atoms. The average molecular weight is 639 g/mol. The third-order valence-electron chi connectivity index (χ3n) is 6.32. The fourth-order valence-electron chi connectivity index (χ4n) is 4.25. The van der Waals surface area contributed by atoms with Gasteiger partial charge in [-0.05, 0) is 47.0 Å². The van der Waals surface area contributed by atoms with Crippen LogP contribution in [0.4, 0.5) is 5.13 Å². The Balaban J connectivity index is 1.47. The molecule has 1 amide bonds. The van der Waals surface area contributed by atoms with E-state index in [0.29, 0.717) is 25.7 Å². The summed E-state index contributed by atoms with van der Waals surface area (Å²) in [5.74, 6) is -2.08. The predicted octanol–water partition coefficient (Wildman–Crippen LogP) is 7.11. The molecule has 12 heteroatoms. The monoisotopic (exact) mass is 637 g/mol. The number of benzene rings is 3. The Morgan fingerprint density at radius 3 is 2.50 bits per heavy atom. The summed E-state index contributed by atoms with van der Waals surface area (Å²) in [6, 6.07) is 19.6. The lowest BCUT2D eigenvalue weighted by Gasteiger charge is -2.23. The van der Waals surface area contributed by atoms with Gasteiger partial charge in [0, 0.05) is 15.8 Å². The van der Waals surface area contributed by atoms with Gasteiger partial charge in [0.1, 0.15) is 0 Å². The minimum Gasteiger partial charge on any atom is -0.503 e. The number of amides is 1. The lowest BCUT2D eigenvalue weighted by atomic mass is 9.95. The first-order valence-electron chi connectivity index (χ1n) is 12.4. The number of allylic oxidation sites excluding steroid dienone is 1. The molecule has 1 unspecified atom stereocenters. The van der Waals surface area contributed by atoms with E-state index in [1.54, 1.807) is 30.3 Å². The number of esters is 1. The van der Waals surface area contributed by atoms with E-state index >= 15 is 0 Å². The summed E-state index contributed by atoms with van der Waals surface area (Å²) >= 11 is 14.8. The third-order valence-corrected chi connectivity index (χ3v) is 9.01. The first-order valence-corrected chi connectivity index (χ1v) is 14.9. The molecule has 1 atom stereocenters. The fourth-order valence-corrected chi connectivity index (χ4v) is 6.68. The van der Waals surface area contributed by atoms with Gasteiger partial charge < -0.3 is 9.84 Å². The molecule has 0 radical (unpaired) electrons. The van der Waals surface area contributed by atoms with E-state index in [9.17, 15) is 19.5 Å². The number of hydrogen-bond acceptors (Lipinski definition) is 9. The maximum absolute atomic E-state index is 13.5. The number of ketones is 1. The smallest absolute Gasteiger partial charge is 0.337 e. The summed E-state index contributed by atoms with van der Waals surface area (Å²) in [6.45, 7) is 0. The zero-order valence-electron chi connectivity index (χ0n) is 21.9. The number of nitrogens with zero attached hydrogens (tertiary/aromatic N) is 3. The first kappa shape index (κ1) is 29.5. The Morgan fingerprint density at radius 1 is 1.07 bits per heavy atom. The van der Waals surface area contributed by atoms with Crippen LogP contribution in [0.2, 0.25) is 10.0 Å². The molecule has 0 bridgehead atoms. The zero-order chi connectivity index (χ0) is 29.8. The molecule has 0 saturated heterocycles. The second-order valence-electron chi connectivity index (χ2n) is 8.94. The van der Waals surface area contributed by atoms with Gasteiger partial charge in [0.25, 0.3) is 5.91 Å². The van der Waals surface area contributed by atoms with Crippen LogP contribution in [0.1, 0.15) is 33.1 Å². The summed E-state index contributed by atoms with van der Waals surface area (Å²) in [4.78, 5) is 40.1. The molecule has 1 aliphatic rings. The fraction of sp³-hybridized carbons (Fsp3) is 0.100. The summed E-state index contributed by atoms with van der Waals surface area (Å²) in [6.07, 6.45) is 2.92. The van der Waals surface area contributed by atoms with Crippen molar-refractivity contribution in [2.24, 2.45) is 0 Å². The molecule has 4 aromatic rings. The molecule has 1 aromatic heterocycles. The highest BCUT2D eigenvalue weighted by atomic mass is 35.5. The first-order chi connectivity index (χ1) is 20.3. The lowest BCUT2D eigenvalue weighted by molar-refractivity contribution is -0.117. The van der Waals surface area contributed by atoms with Crippen LogP contribution in [-0.2, 0) is 20.1 Å². The number of carbonyl (C=O) groups is 3. The third kappa shape index (κ3) is 6.27. The highest BCUT2D eigenvalue weighted by Crippen LogP contribution is 2.43. The number of ether oxygens (including phenoxy) is 1. The maximum atomic E-state index is 13.5. The molecule has 0 aliphatic carbocycles. The van der Waals surface area contributed by atoms with Crippen molar-refractivity contribution in [2.45, 2.75) is 16.1 Å². The van der Waals surface area contributed by atoms with Crippen LogP contribution < -0.4 is 4.90 Å². The number of hydrogen-bond donors (Lipinski definition) is 1. The molecule has 212 valence electrons. The summed E-state index contributed by atoms with van der Waals surface area (Å²) in [5.41, 5.74) is 2.28. The standard InChI is InChI=1S/C30H21Cl2N3O5S2/c1-40-28(39)19-10-8-18(9-11-19)25-24(23(36)14-7-17-5-3-2-4-6-17)26(37)27(38)35(25)29-33-34-30(42-29)41-16-20-12-13-21(31)15-22(20)32/h2-15,25,37H,16H2,1H3/b14-7+. The summed E-state index contributed by atoms with van der Waals surface area (Å²) in [5, 5.41) is 20.6. The van der Waals surface area contributed by atoms with Crippen molar-refractivity contribution in [3.63, 3.8) is 0 Å². The number of carbonyl (C=O) groups excluding carboxylic acids is 3. The molecular weight excluding hydrogens is 617 g/mol. The molecule has 2 heterocycles. The van der Waals surface area contributed by atoms with E-state index in [4.69, 9.17) is 27.9 Å². The average Bonchev–Trinajstić information content (AvgIpc) is 3.57. The van der Waals surface area contributed by atoms with Crippen molar-refractivity contribution in [3.05, 3.63) is 123 Å². The van der Waals surface area contributed by atoms with E-state index in [1.807, 2.05) is 36.4 Å². The largest absolute Gasteiger partial charge is 0.503 e. The number of methoxy groups -OCH3 is 1. The minimum absolute atomic E-state index is 0.115. The molecule has 1 aliphatic heterocycles. The highest BCUT2D eigenvalue weighted by molar-refractivity contribution is 8.00. The molecule has 3 aromatic carbocycles. The van der Waals surface area contributed by atoms with E-state index in [2.05, 4.69) is 10.2 Å². The van der Waals surface area contributed by atoms with E-state index in [0.717, 1.165) is 22.5 Å². The molecule has 0 saturated carbocycles. The van der Waals surface area contributed by atoms with Crippen molar-refractivity contribution in [1.82, 2.24) is 10.2 Å². The quantitative estimate of drug-likeness (QED) is 0.0895. The molecule has 8 nitrogen and oxygen atoms in total. The molecule has 1 N–H and O–H groups in total. The maximum Gasteiger partial charge on any atom is 0.337 e. The Kier molecular flexibility index (Phi) is 9.08. The van der Waals surface area contributed by atoms with Crippen LogP contribution in [0, 0.1) is 0 Å². The van der Waals surface area contributed by atoms with Gasteiger partial charge in [0.15, 0.2) is 15.9 Å². The number of rotatable bonds is 9. The van der Waals surface area contributed by atoms with E-state index < -0.39 is 29.5 Å². The molecular formula is C30H21Cl2N3O5S2. The topological polar surface area (TPSA) is 110 Å². The number of aliphatic hydroxyl groups is 1. The van der Waals surface area contributed by atoms with E-state index in [-0.39, 0.29) is 16.3 Å². The molecule has 42 heavy (non-hydrogen) atoms. The van der Waals surface area contributed by atoms with Crippen LogP contribution >= 0.6 is 46.3 Å². The summed E-state index contributed by atoms with van der Waals surface area (Å²) in [7, 11) is 1.27. The molecule has 5 rings (SSSR count). The van der Waals surface area contributed by atoms with Gasteiger partial charge in [-0.2, -0.15) is 0 Å². The van der Waals surface area contributed by atoms with Gasteiger partial charge in [-0.3, -0.25) is 14.5 Å². The van der Waals surface area contributed by atoms with Gasteiger partial charge in [0.05, 0.1) is 24.3 Å². The van der Waals surface area contributed by atoms with Crippen molar-refractivity contribution >= 4 is 75.2 Å². The van der Waals surface area contributed by atoms with Gasteiger partial charge in [0.2, 0.25) is 5.13 Å². The van der Waals surface area contributed by atoms with Gasteiger partial charge >= 0.3 is 5.97 Å². The van der Waals surface area contributed by atoms with Crippen LogP contribution in [-0.4, -0.2) is 40.1 Å². The Labute approximate surface area is 259 Å². The van der Waals surface area contributed by atoms with Crippen molar-refractivity contribution < 1.29 is 24.2 Å². The number of anilines is 1. The normalized spacial score (nSPS) is 15.1. The van der Waals surface area contributed by atoms with Crippen molar-refractivity contribution in [2.75, 3.05) is 12.0 Å².